The molecule has 0 saturated carbocycles. The summed E-state index contributed by atoms with van der Waals surface area (Å²) in [4.78, 5) is 2.45. The van der Waals surface area contributed by atoms with Crippen LogP contribution in [0.2, 0.25) is 5.02 Å². The van der Waals surface area contributed by atoms with E-state index in [2.05, 4.69) is 37.8 Å². The lowest BCUT2D eigenvalue weighted by atomic mass is 10.0. The summed E-state index contributed by atoms with van der Waals surface area (Å²) in [5.41, 5.74) is 7.19. The van der Waals surface area contributed by atoms with Crippen molar-refractivity contribution in [2.24, 2.45) is 5.73 Å². The van der Waals surface area contributed by atoms with E-state index < -0.39 is 0 Å². The van der Waals surface area contributed by atoms with Crippen molar-refractivity contribution in [3.63, 3.8) is 0 Å². The third-order valence-corrected chi connectivity index (χ3v) is 3.65. The Kier molecular flexibility index (Phi) is 5.96. The second kappa shape index (κ2) is 7.00. The zero-order valence-electron chi connectivity index (χ0n) is 11.0. The summed E-state index contributed by atoms with van der Waals surface area (Å²) < 4.78 is 0. The highest BCUT2D eigenvalue weighted by molar-refractivity contribution is 6.30. The number of nitrogens with zero attached hydrogens (tertiary/aromatic N) is 1. The molecule has 0 fully saturated rings. The van der Waals surface area contributed by atoms with E-state index in [1.165, 1.54) is 5.56 Å². The smallest absolute Gasteiger partial charge is 0.0473 e. The zero-order valence-corrected chi connectivity index (χ0v) is 11.7. The molecule has 1 rings (SSSR count). The molecule has 0 aliphatic rings. The molecular weight excluding hydrogens is 232 g/mol. The van der Waals surface area contributed by atoms with Crippen LogP contribution in [-0.4, -0.2) is 24.0 Å². The number of likely N-dealkylation sites (N-methyl/N-ethyl adjacent to an activating group) is 1. The Morgan fingerprint density at radius 2 is 1.82 bits per heavy atom. The average molecular weight is 255 g/mol. The van der Waals surface area contributed by atoms with Crippen LogP contribution in [0.4, 0.5) is 0 Å². The summed E-state index contributed by atoms with van der Waals surface area (Å²) in [5.74, 6) is 0. The number of halogens is 1. The van der Waals surface area contributed by atoms with Gasteiger partial charge in [0, 0.05) is 23.7 Å². The van der Waals surface area contributed by atoms with Crippen molar-refractivity contribution in [2.45, 2.75) is 39.3 Å². The van der Waals surface area contributed by atoms with Crippen molar-refractivity contribution >= 4 is 11.6 Å². The zero-order chi connectivity index (χ0) is 12.8. The van der Waals surface area contributed by atoms with Crippen LogP contribution in [0.25, 0.3) is 0 Å². The molecule has 1 aromatic rings. The van der Waals surface area contributed by atoms with Crippen LogP contribution in [0.1, 0.15) is 38.8 Å². The number of benzene rings is 1. The van der Waals surface area contributed by atoms with Crippen LogP contribution >= 0.6 is 11.6 Å². The minimum absolute atomic E-state index is 0.284. The van der Waals surface area contributed by atoms with Gasteiger partial charge in [0.1, 0.15) is 0 Å². The van der Waals surface area contributed by atoms with Gasteiger partial charge in [0.2, 0.25) is 0 Å². The van der Waals surface area contributed by atoms with Gasteiger partial charge in [0.25, 0.3) is 0 Å². The second-order valence-electron chi connectivity index (χ2n) is 4.39. The molecule has 96 valence electrons. The Morgan fingerprint density at radius 1 is 1.24 bits per heavy atom. The lowest BCUT2D eigenvalue weighted by Crippen LogP contribution is -2.39. The number of nitrogens with two attached hydrogens (primary N) is 1. The molecule has 0 radical (unpaired) electrons. The predicted molar refractivity (Wildman–Crippen MR) is 75.4 cm³/mol. The topological polar surface area (TPSA) is 29.3 Å². The summed E-state index contributed by atoms with van der Waals surface area (Å²) in [7, 11) is 0. The van der Waals surface area contributed by atoms with Gasteiger partial charge in [-0.05, 0) is 37.6 Å². The molecular formula is C14H23ClN2. The molecule has 0 saturated heterocycles. The highest BCUT2D eigenvalue weighted by atomic mass is 35.5. The van der Waals surface area contributed by atoms with Crippen molar-refractivity contribution in [3.8, 4) is 0 Å². The van der Waals surface area contributed by atoms with E-state index in [0.717, 1.165) is 18.0 Å². The van der Waals surface area contributed by atoms with Crippen LogP contribution in [0.3, 0.4) is 0 Å². The van der Waals surface area contributed by atoms with E-state index in [1.54, 1.807) is 0 Å². The van der Waals surface area contributed by atoms with Gasteiger partial charge in [-0.2, -0.15) is 0 Å². The van der Waals surface area contributed by atoms with Crippen molar-refractivity contribution in [1.29, 1.82) is 0 Å². The highest BCUT2D eigenvalue weighted by Crippen LogP contribution is 2.24. The first-order chi connectivity index (χ1) is 8.13. The molecule has 17 heavy (non-hydrogen) atoms. The highest BCUT2D eigenvalue weighted by Gasteiger charge is 2.21. The van der Waals surface area contributed by atoms with E-state index in [1.807, 2.05) is 12.1 Å². The third-order valence-electron chi connectivity index (χ3n) is 3.40. The summed E-state index contributed by atoms with van der Waals surface area (Å²) in [5, 5.41) is 0.774. The van der Waals surface area contributed by atoms with Gasteiger partial charge in [-0.1, -0.05) is 37.6 Å². The van der Waals surface area contributed by atoms with Gasteiger partial charge in [-0.3, -0.25) is 4.90 Å². The average Bonchev–Trinajstić information content (AvgIpc) is 2.36. The summed E-state index contributed by atoms with van der Waals surface area (Å²) in [6.07, 6.45) is 1.14. The summed E-state index contributed by atoms with van der Waals surface area (Å²) >= 11 is 5.92. The quantitative estimate of drug-likeness (QED) is 0.843. The molecule has 2 N–H and O–H groups in total. The molecule has 3 heteroatoms. The van der Waals surface area contributed by atoms with Gasteiger partial charge in [-0.15, -0.1) is 0 Å². The maximum atomic E-state index is 5.94. The normalized spacial score (nSPS) is 14.9. The second-order valence-corrected chi connectivity index (χ2v) is 4.83. The van der Waals surface area contributed by atoms with Crippen molar-refractivity contribution < 1.29 is 0 Å². The fraction of sp³-hybridized carbons (Fsp3) is 0.571. The molecule has 1 aromatic carbocycles. The SMILES string of the molecule is CCC(C)N(CC)C(CN)c1ccc(Cl)cc1. The largest absolute Gasteiger partial charge is 0.329 e. The Balaban J connectivity index is 2.92. The Labute approximate surface area is 110 Å². The van der Waals surface area contributed by atoms with Crippen molar-refractivity contribution in [2.75, 3.05) is 13.1 Å². The van der Waals surface area contributed by atoms with Crippen LogP contribution in [0, 0.1) is 0 Å². The Hall–Kier alpha value is -0.570. The number of rotatable bonds is 6. The Bertz CT molecular complexity index is 323. The van der Waals surface area contributed by atoms with Gasteiger partial charge in [-0.25, -0.2) is 0 Å². The van der Waals surface area contributed by atoms with Gasteiger partial charge in [0.05, 0.1) is 0 Å². The molecule has 0 spiro atoms. The van der Waals surface area contributed by atoms with E-state index >= 15 is 0 Å². The van der Waals surface area contributed by atoms with Crippen LogP contribution in [-0.2, 0) is 0 Å². The molecule has 2 atom stereocenters. The lowest BCUT2D eigenvalue weighted by molar-refractivity contribution is 0.152. The third kappa shape index (κ3) is 3.70. The first-order valence-corrected chi connectivity index (χ1v) is 6.73. The molecule has 0 aliphatic carbocycles. The predicted octanol–water partition coefficient (Wildman–Crippen LogP) is 3.46. The first kappa shape index (κ1) is 14.5. The van der Waals surface area contributed by atoms with Gasteiger partial charge in [0.15, 0.2) is 0 Å². The molecule has 2 nitrogen and oxygen atoms in total. The van der Waals surface area contributed by atoms with E-state index in [0.29, 0.717) is 12.6 Å². The summed E-state index contributed by atoms with van der Waals surface area (Å²) in [6, 6.07) is 8.85. The van der Waals surface area contributed by atoms with Crippen LogP contribution < -0.4 is 5.73 Å². The Morgan fingerprint density at radius 3 is 2.24 bits per heavy atom. The molecule has 0 amide bonds. The summed E-state index contributed by atoms with van der Waals surface area (Å²) in [6.45, 7) is 8.30. The van der Waals surface area contributed by atoms with E-state index in [-0.39, 0.29) is 6.04 Å². The minimum atomic E-state index is 0.284. The number of hydrogen-bond donors (Lipinski definition) is 1. The van der Waals surface area contributed by atoms with Gasteiger partial charge >= 0.3 is 0 Å². The lowest BCUT2D eigenvalue weighted by Gasteiger charge is -2.35. The monoisotopic (exact) mass is 254 g/mol. The number of hydrogen-bond acceptors (Lipinski definition) is 2. The first-order valence-electron chi connectivity index (χ1n) is 6.35. The minimum Gasteiger partial charge on any atom is -0.329 e. The standard InChI is InChI=1S/C14H23ClN2/c1-4-11(3)17(5-2)14(10-16)12-6-8-13(15)9-7-12/h6-9,11,14H,4-5,10,16H2,1-3H3. The van der Waals surface area contributed by atoms with Crippen LogP contribution in [0.5, 0.6) is 0 Å². The molecule has 0 aromatic heterocycles. The molecule has 2 unspecified atom stereocenters. The fourth-order valence-electron chi connectivity index (χ4n) is 2.22. The molecule has 0 bridgehead atoms. The van der Waals surface area contributed by atoms with Crippen LogP contribution in [0.15, 0.2) is 24.3 Å². The van der Waals surface area contributed by atoms with Crippen molar-refractivity contribution in [3.05, 3.63) is 34.9 Å². The van der Waals surface area contributed by atoms with E-state index in [9.17, 15) is 0 Å². The fourth-order valence-corrected chi connectivity index (χ4v) is 2.35. The molecule has 0 aliphatic heterocycles. The van der Waals surface area contributed by atoms with Gasteiger partial charge < -0.3 is 5.73 Å². The maximum absolute atomic E-state index is 5.94. The van der Waals surface area contributed by atoms with Crippen molar-refractivity contribution in [1.82, 2.24) is 4.90 Å². The van der Waals surface area contributed by atoms with E-state index in [4.69, 9.17) is 17.3 Å². The molecule has 0 heterocycles. The maximum Gasteiger partial charge on any atom is 0.0473 e.